The molecule has 1 aromatic carbocycles. The summed E-state index contributed by atoms with van der Waals surface area (Å²) in [6.45, 7) is 1.98. The highest BCUT2D eigenvalue weighted by atomic mass is 31.1. The summed E-state index contributed by atoms with van der Waals surface area (Å²) in [6, 6.07) is 5.86. The molecule has 0 saturated carbocycles. The predicted octanol–water partition coefficient (Wildman–Crippen LogP) is 2.69. The fourth-order valence-electron chi connectivity index (χ4n) is 0.940. The van der Waals surface area contributed by atoms with E-state index in [4.69, 9.17) is 0 Å². The average molecular weight is 185 g/mol. The van der Waals surface area contributed by atoms with Gasteiger partial charge in [-0.15, -0.1) is 0 Å². The molecule has 1 nitrogen and oxygen atoms in total. The molecular formula is C9H11FOP+. The van der Waals surface area contributed by atoms with Crippen molar-refractivity contribution < 1.29 is 8.96 Å². The fourth-order valence-corrected chi connectivity index (χ4v) is 2.09. The van der Waals surface area contributed by atoms with Gasteiger partial charge in [-0.25, -0.2) is 4.39 Å². The molecule has 12 heavy (non-hydrogen) atoms. The van der Waals surface area contributed by atoms with Gasteiger partial charge in [0, 0.05) is 0 Å². The van der Waals surface area contributed by atoms with E-state index in [1.807, 2.05) is 6.92 Å². The Hall–Kier alpha value is -0.750. The van der Waals surface area contributed by atoms with Gasteiger partial charge in [-0.05, 0) is 30.7 Å². The number of hydrogen-bond acceptors (Lipinski definition) is 1. The van der Waals surface area contributed by atoms with Crippen molar-refractivity contribution in [3.63, 3.8) is 0 Å². The minimum atomic E-state index is -1.30. The molecule has 0 heterocycles. The van der Waals surface area contributed by atoms with Crippen LogP contribution in [-0.2, 0) is 4.57 Å². The molecule has 0 aliphatic rings. The van der Waals surface area contributed by atoms with Crippen molar-refractivity contribution in [3.05, 3.63) is 30.1 Å². The summed E-state index contributed by atoms with van der Waals surface area (Å²) in [4.78, 5) is 0. The Morgan fingerprint density at radius 1 is 1.33 bits per heavy atom. The summed E-state index contributed by atoms with van der Waals surface area (Å²) in [6.07, 6.45) is 1.58. The molecule has 1 aromatic rings. The van der Waals surface area contributed by atoms with Crippen molar-refractivity contribution in [1.29, 1.82) is 0 Å². The lowest BCUT2D eigenvalue weighted by atomic mass is 10.4. The second-order valence-corrected chi connectivity index (χ2v) is 4.30. The third kappa shape index (κ3) is 2.38. The first kappa shape index (κ1) is 9.34. The van der Waals surface area contributed by atoms with Crippen molar-refractivity contribution in [2.24, 2.45) is 0 Å². The Balaban J connectivity index is 2.75. The molecule has 0 saturated heterocycles. The number of rotatable bonds is 3. The van der Waals surface area contributed by atoms with Gasteiger partial charge in [0.2, 0.25) is 0 Å². The standard InChI is InChI=1S/C9H11FOP/c1-2-7-12(11)9-5-3-8(10)4-6-9/h3-6H,2,7H2,1H3/q+1. The highest BCUT2D eigenvalue weighted by Crippen LogP contribution is 2.20. The maximum Gasteiger partial charge on any atom is 0.376 e. The third-order valence-electron chi connectivity index (χ3n) is 1.54. The summed E-state index contributed by atoms with van der Waals surface area (Å²) in [5.41, 5.74) is 0. The SMILES string of the molecule is CCC[P+](=O)c1ccc(F)cc1. The Bertz CT molecular complexity index is 268. The molecule has 0 aromatic heterocycles. The van der Waals surface area contributed by atoms with E-state index in [-0.39, 0.29) is 5.82 Å². The monoisotopic (exact) mass is 185 g/mol. The van der Waals surface area contributed by atoms with Crippen LogP contribution in [0.5, 0.6) is 0 Å². The van der Waals surface area contributed by atoms with Crippen molar-refractivity contribution >= 4 is 13.1 Å². The van der Waals surface area contributed by atoms with Gasteiger partial charge < -0.3 is 0 Å². The molecular weight excluding hydrogens is 174 g/mol. The van der Waals surface area contributed by atoms with E-state index in [9.17, 15) is 8.96 Å². The van der Waals surface area contributed by atoms with Crippen LogP contribution >= 0.6 is 7.80 Å². The summed E-state index contributed by atoms with van der Waals surface area (Å²) in [5, 5.41) is 0.744. The molecule has 1 unspecified atom stereocenters. The van der Waals surface area contributed by atoms with E-state index in [2.05, 4.69) is 0 Å². The van der Waals surface area contributed by atoms with E-state index < -0.39 is 7.80 Å². The molecule has 0 N–H and O–H groups in total. The molecule has 0 aliphatic heterocycles. The molecule has 1 atom stereocenters. The molecule has 0 bridgehead atoms. The smallest absolute Gasteiger partial charge is 0.207 e. The van der Waals surface area contributed by atoms with Gasteiger partial charge in [-0.1, -0.05) is 11.5 Å². The van der Waals surface area contributed by atoms with Gasteiger partial charge in [0.15, 0.2) is 11.5 Å². The van der Waals surface area contributed by atoms with Gasteiger partial charge in [0.05, 0.1) is 0 Å². The lowest BCUT2D eigenvalue weighted by Gasteiger charge is -1.87. The Morgan fingerprint density at radius 2 is 1.92 bits per heavy atom. The molecule has 0 radical (unpaired) electrons. The zero-order valence-electron chi connectivity index (χ0n) is 6.96. The number of benzene rings is 1. The average Bonchev–Trinajstić information content (AvgIpc) is 2.06. The molecule has 3 heteroatoms. The topological polar surface area (TPSA) is 17.1 Å². The van der Waals surface area contributed by atoms with Gasteiger partial charge in [-0.2, -0.15) is 0 Å². The first-order valence-electron chi connectivity index (χ1n) is 3.94. The highest BCUT2D eigenvalue weighted by Gasteiger charge is 2.16. The van der Waals surface area contributed by atoms with Crippen LogP contribution in [0, 0.1) is 5.82 Å². The zero-order chi connectivity index (χ0) is 8.97. The first-order valence-corrected chi connectivity index (χ1v) is 5.38. The van der Waals surface area contributed by atoms with Crippen LogP contribution in [0.1, 0.15) is 13.3 Å². The van der Waals surface area contributed by atoms with Gasteiger partial charge in [0.1, 0.15) is 5.82 Å². The highest BCUT2D eigenvalue weighted by molar-refractivity contribution is 7.53. The van der Waals surface area contributed by atoms with Gasteiger partial charge in [0.25, 0.3) is 0 Å². The van der Waals surface area contributed by atoms with Crippen molar-refractivity contribution in [2.75, 3.05) is 6.16 Å². The lowest BCUT2D eigenvalue weighted by molar-refractivity contribution is 0.592. The van der Waals surface area contributed by atoms with Crippen molar-refractivity contribution in [2.45, 2.75) is 13.3 Å². The van der Waals surface area contributed by atoms with E-state index in [1.165, 1.54) is 12.1 Å². The third-order valence-corrected chi connectivity index (χ3v) is 3.27. The number of halogens is 1. The van der Waals surface area contributed by atoms with Crippen LogP contribution in [0.25, 0.3) is 0 Å². The minimum absolute atomic E-state index is 0.279. The summed E-state index contributed by atoms with van der Waals surface area (Å²) in [7, 11) is -1.30. The summed E-state index contributed by atoms with van der Waals surface area (Å²) >= 11 is 0. The maximum absolute atomic E-state index is 12.4. The van der Waals surface area contributed by atoms with Crippen LogP contribution in [0.2, 0.25) is 0 Å². The van der Waals surface area contributed by atoms with Crippen LogP contribution in [0.4, 0.5) is 4.39 Å². The van der Waals surface area contributed by atoms with Crippen molar-refractivity contribution in [3.8, 4) is 0 Å². The second kappa shape index (κ2) is 4.32. The van der Waals surface area contributed by atoms with E-state index in [1.54, 1.807) is 12.1 Å². The van der Waals surface area contributed by atoms with Gasteiger partial charge in [-0.3, -0.25) is 0 Å². The largest absolute Gasteiger partial charge is 0.376 e. The Morgan fingerprint density at radius 3 is 2.42 bits per heavy atom. The van der Waals surface area contributed by atoms with Gasteiger partial charge >= 0.3 is 7.80 Å². The van der Waals surface area contributed by atoms with Crippen LogP contribution < -0.4 is 5.30 Å². The molecule has 0 amide bonds. The van der Waals surface area contributed by atoms with E-state index in [0.29, 0.717) is 6.16 Å². The zero-order valence-corrected chi connectivity index (χ0v) is 7.85. The normalized spacial score (nSPS) is 11.3. The quantitative estimate of drug-likeness (QED) is 0.661. The molecule has 1 rings (SSSR count). The molecule has 0 fully saturated rings. The minimum Gasteiger partial charge on any atom is -0.207 e. The predicted molar refractivity (Wildman–Crippen MR) is 48.8 cm³/mol. The first-order chi connectivity index (χ1) is 5.74. The molecule has 0 spiro atoms. The van der Waals surface area contributed by atoms with Crippen molar-refractivity contribution in [1.82, 2.24) is 0 Å². The molecule has 64 valence electrons. The van der Waals surface area contributed by atoms with Crippen LogP contribution in [0.3, 0.4) is 0 Å². The lowest BCUT2D eigenvalue weighted by Crippen LogP contribution is -1.97. The van der Waals surface area contributed by atoms with Crippen LogP contribution in [-0.4, -0.2) is 6.16 Å². The number of hydrogen-bond donors (Lipinski definition) is 0. The fraction of sp³-hybridized carbons (Fsp3) is 0.333. The summed E-state index contributed by atoms with van der Waals surface area (Å²) < 4.78 is 23.8. The Labute approximate surface area is 72.4 Å². The molecule has 0 aliphatic carbocycles. The van der Waals surface area contributed by atoms with E-state index >= 15 is 0 Å². The summed E-state index contributed by atoms with van der Waals surface area (Å²) in [5.74, 6) is -0.279. The Kier molecular flexibility index (Phi) is 3.36. The second-order valence-electron chi connectivity index (χ2n) is 2.58. The van der Waals surface area contributed by atoms with E-state index in [0.717, 1.165) is 11.7 Å². The maximum atomic E-state index is 12.4. The van der Waals surface area contributed by atoms with Crippen LogP contribution in [0.15, 0.2) is 24.3 Å².